The molecule has 8 nitrogen and oxygen atoms in total. The van der Waals surface area contributed by atoms with Gasteiger partial charge in [-0.3, -0.25) is 9.36 Å². The molecule has 358 valence electrons. The maximum Gasteiger partial charge on any atom is 0.268 e. The van der Waals surface area contributed by atoms with Crippen LogP contribution in [-0.4, -0.2) is 68.5 Å². The van der Waals surface area contributed by atoms with Gasteiger partial charge >= 0.3 is 0 Å². The van der Waals surface area contributed by atoms with Crippen LogP contribution < -0.4 is 10.2 Å². The Labute approximate surface area is 373 Å². The lowest BCUT2D eigenvalue weighted by molar-refractivity contribution is -0.870. The molecule has 0 spiro atoms. The van der Waals surface area contributed by atoms with Crippen molar-refractivity contribution in [1.82, 2.24) is 5.32 Å². The molecule has 0 aliphatic carbocycles. The summed E-state index contributed by atoms with van der Waals surface area (Å²) in [4.78, 5) is 25.2. The van der Waals surface area contributed by atoms with E-state index in [1.54, 1.807) is 6.08 Å². The van der Waals surface area contributed by atoms with Crippen molar-refractivity contribution >= 4 is 13.7 Å². The van der Waals surface area contributed by atoms with Crippen molar-refractivity contribution < 1.29 is 32.9 Å². The molecular weight excluding hydrogens is 768 g/mol. The van der Waals surface area contributed by atoms with Gasteiger partial charge in [-0.15, -0.1) is 0 Å². The summed E-state index contributed by atoms with van der Waals surface area (Å²) in [5, 5.41) is 13.7. The molecule has 0 saturated carbocycles. The van der Waals surface area contributed by atoms with Crippen LogP contribution in [-0.2, 0) is 18.4 Å². The Morgan fingerprint density at radius 1 is 0.567 bits per heavy atom. The average molecular weight is 871 g/mol. The van der Waals surface area contributed by atoms with E-state index in [1.165, 1.54) is 199 Å². The molecule has 0 bridgehead atoms. The van der Waals surface area contributed by atoms with E-state index in [0.717, 1.165) is 38.5 Å². The quantitative estimate of drug-likeness (QED) is 0.0273. The molecule has 0 aromatic carbocycles. The minimum Gasteiger partial charge on any atom is -0.756 e. The van der Waals surface area contributed by atoms with Gasteiger partial charge in [-0.25, -0.2) is 0 Å². The maximum atomic E-state index is 12.8. The summed E-state index contributed by atoms with van der Waals surface area (Å²) in [5.41, 5.74) is 0. The Kier molecular flexibility index (Phi) is 42.9. The van der Waals surface area contributed by atoms with Crippen molar-refractivity contribution in [3.8, 4) is 0 Å². The number of quaternary nitrogens is 1. The average Bonchev–Trinajstić information content (AvgIpc) is 3.20. The first-order valence-electron chi connectivity index (χ1n) is 26.1. The molecule has 0 rings (SSSR count). The Balaban J connectivity index is 3.85. The number of hydrogen-bond acceptors (Lipinski definition) is 6. The summed E-state index contributed by atoms with van der Waals surface area (Å²) < 4.78 is 23.1. The fourth-order valence-corrected chi connectivity index (χ4v) is 8.58. The number of unbranched alkanes of at least 4 members (excludes halogenated alkanes) is 35. The predicted molar refractivity (Wildman–Crippen MR) is 256 cm³/mol. The Hall–Kier alpha value is -0.760. The Morgan fingerprint density at radius 3 is 1.25 bits per heavy atom. The molecule has 0 saturated heterocycles. The van der Waals surface area contributed by atoms with Gasteiger partial charge < -0.3 is 28.8 Å². The number of aliphatic hydroxyl groups is 1. The maximum absolute atomic E-state index is 12.8. The third-order valence-corrected chi connectivity index (χ3v) is 13.0. The van der Waals surface area contributed by atoms with Crippen molar-refractivity contribution in [1.29, 1.82) is 0 Å². The van der Waals surface area contributed by atoms with Crippen LogP contribution in [0.3, 0.4) is 0 Å². The zero-order valence-electron chi connectivity index (χ0n) is 40.7. The van der Waals surface area contributed by atoms with E-state index in [9.17, 15) is 19.4 Å². The number of nitrogens with zero attached hydrogens (tertiary/aromatic N) is 1. The van der Waals surface area contributed by atoms with E-state index >= 15 is 0 Å². The summed E-state index contributed by atoms with van der Waals surface area (Å²) in [6, 6.07) is -0.878. The zero-order chi connectivity index (χ0) is 44.3. The lowest BCUT2D eigenvalue weighted by atomic mass is 10.0. The van der Waals surface area contributed by atoms with Crippen molar-refractivity contribution in [2.24, 2.45) is 0 Å². The van der Waals surface area contributed by atoms with Crippen LogP contribution in [0.5, 0.6) is 0 Å². The highest BCUT2D eigenvalue weighted by atomic mass is 31.2. The van der Waals surface area contributed by atoms with E-state index in [0.29, 0.717) is 17.4 Å². The Morgan fingerprint density at radius 2 is 0.900 bits per heavy atom. The molecule has 60 heavy (non-hydrogen) atoms. The summed E-state index contributed by atoms with van der Waals surface area (Å²) in [6.07, 6.45) is 51.8. The molecule has 1 amide bonds. The first-order chi connectivity index (χ1) is 29.0. The molecular formula is C51H103N2O6P. The predicted octanol–water partition coefficient (Wildman–Crippen LogP) is 14.5. The second-order valence-corrected chi connectivity index (χ2v) is 20.7. The van der Waals surface area contributed by atoms with Gasteiger partial charge in [0.1, 0.15) is 13.2 Å². The van der Waals surface area contributed by atoms with Crippen LogP contribution in [0.25, 0.3) is 0 Å². The van der Waals surface area contributed by atoms with Gasteiger partial charge in [-0.1, -0.05) is 244 Å². The van der Waals surface area contributed by atoms with Crippen molar-refractivity contribution in [3.05, 3.63) is 12.2 Å². The van der Waals surface area contributed by atoms with Gasteiger partial charge in [0.05, 0.1) is 39.9 Å². The van der Waals surface area contributed by atoms with Gasteiger partial charge in [0.25, 0.3) is 7.82 Å². The van der Waals surface area contributed by atoms with E-state index in [2.05, 4.69) is 19.2 Å². The summed E-state index contributed by atoms with van der Waals surface area (Å²) in [5.74, 6) is -0.197. The van der Waals surface area contributed by atoms with Gasteiger partial charge in [0.2, 0.25) is 5.91 Å². The molecule has 0 aromatic rings. The van der Waals surface area contributed by atoms with Gasteiger partial charge in [0.15, 0.2) is 0 Å². The number of carbonyl (C=O) groups is 1. The lowest BCUT2D eigenvalue weighted by Crippen LogP contribution is -2.45. The molecule has 0 aromatic heterocycles. The SMILES string of the molecule is CCCCCCC/C=C/C(O)C(COP(=O)([O-])OCC[N+](C)(C)C)NC(=O)CCCCCCCCCCCCCCCCCCCCCCCCCCCCCCCCC. The van der Waals surface area contributed by atoms with Gasteiger partial charge in [-0.05, 0) is 19.3 Å². The van der Waals surface area contributed by atoms with E-state index < -0.39 is 20.0 Å². The number of likely N-dealkylation sites (N-methyl/N-ethyl adjacent to an activating group) is 1. The number of nitrogens with one attached hydrogen (secondary N) is 1. The summed E-state index contributed by atoms with van der Waals surface area (Å²) in [7, 11) is 1.27. The smallest absolute Gasteiger partial charge is 0.268 e. The van der Waals surface area contributed by atoms with Crippen LogP contribution in [0.1, 0.15) is 258 Å². The topological polar surface area (TPSA) is 108 Å². The zero-order valence-corrected chi connectivity index (χ0v) is 41.6. The van der Waals surface area contributed by atoms with Crippen LogP contribution in [0.2, 0.25) is 0 Å². The highest BCUT2D eigenvalue weighted by Crippen LogP contribution is 2.38. The highest BCUT2D eigenvalue weighted by molar-refractivity contribution is 7.45. The number of rotatable bonds is 48. The van der Waals surface area contributed by atoms with Gasteiger partial charge in [-0.2, -0.15) is 0 Å². The minimum atomic E-state index is -4.57. The third-order valence-electron chi connectivity index (χ3n) is 12.0. The molecule has 3 unspecified atom stereocenters. The van der Waals surface area contributed by atoms with Crippen molar-refractivity contribution in [3.63, 3.8) is 0 Å². The van der Waals surface area contributed by atoms with Crippen LogP contribution in [0, 0.1) is 0 Å². The van der Waals surface area contributed by atoms with E-state index in [-0.39, 0.29) is 19.1 Å². The molecule has 2 N–H and O–H groups in total. The first kappa shape index (κ1) is 59.2. The lowest BCUT2D eigenvalue weighted by Gasteiger charge is -2.29. The summed E-state index contributed by atoms with van der Waals surface area (Å²) in [6.45, 7) is 4.61. The van der Waals surface area contributed by atoms with Crippen molar-refractivity contribution in [2.75, 3.05) is 40.9 Å². The van der Waals surface area contributed by atoms with Crippen LogP contribution in [0.4, 0.5) is 0 Å². The fourth-order valence-electron chi connectivity index (χ4n) is 7.86. The van der Waals surface area contributed by atoms with Gasteiger partial charge in [0, 0.05) is 6.42 Å². The van der Waals surface area contributed by atoms with Crippen LogP contribution in [0.15, 0.2) is 12.2 Å². The molecule has 0 aliphatic heterocycles. The summed E-state index contributed by atoms with van der Waals surface area (Å²) >= 11 is 0. The molecule has 0 radical (unpaired) electrons. The number of phosphoric ester groups is 1. The van der Waals surface area contributed by atoms with Crippen molar-refractivity contribution in [2.45, 2.75) is 270 Å². The molecule has 0 heterocycles. The molecule has 0 fully saturated rings. The number of allylic oxidation sites excluding steroid dienone is 1. The molecule has 3 atom stereocenters. The fraction of sp³-hybridized carbons (Fsp3) is 0.941. The monoisotopic (exact) mass is 871 g/mol. The first-order valence-corrected chi connectivity index (χ1v) is 27.5. The second-order valence-electron chi connectivity index (χ2n) is 19.2. The molecule has 0 aliphatic rings. The highest BCUT2D eigenvalue weighted by Gasteiger charge is 2.23. The molecule has 9 heteroatoms. The van der Waals surface area contributed by atoms with E-state index in [1.807, 2.05) is 27.2 Å². The third kappa shape index (κ3) is 45.3. The normalized spacial score (nSPS) is 14.2. The van der Waals surface area contributed by atoms with Crippen LogP contribution >= 0.6 is 7.82 Å². The Bertz CT molecular complexity index is 989. The standard InChI is InChI=1S/C51H103N2O6P/c1-6-8-10-12-14-15-16-17-18-19-20-21-22-23-24-25-26-27-28-29-30-31-32-33-34-35-36-37-39-41-43-45-51(55)52-49(50(54)44-42-40-38-13-11-9-7-2)48-59-60(56,57)58-47-46-53(3,4)5/h42,44,49-50,54H,6-41,43,45-48H2,1-5H3,(H-,52,55,56,57)/b44-42+. The minimum absolute atomic E-state index is 0.00148. The largest absolute Gasteiger partial charge is 0.756 e. The number of phosphoric acid groups is 1. The number of hydrogen-bond donors (Lipinski definition) is 2. The van der Waals surface area contributed by atoms with E-state index in [4.69, 9.17) is 9.05 Å². The number of aliphatic hydroxyl groups excluding tert-OH is 1. The number of amides is 1. The number of carbonyl (C=O) groups excluding carboxylic acids is 1. The second kappa shape index (κ2) is 43.5.